The van der Waals surface area contributed by atoms with E-state index in [1.165, 1.54) is 0 Å². The summed E-state index contributed by atoms with van der Waals surface area (Å²) in [5.74, 6) is 0.652. The van der Waals surface area contributed by atoms with Gasteiger partial charge in [-0.2, -0.15) is 0 Å². The number of hydrogen-bond donors (Lipinski definition) is 0. The van der Waals surface area contributed by atoms with Gasteiger partial charge in [-0.25, -0.2) is 9.97 Å². The van der Waals surface area contributed by atoms with Crippen LogP contribution in [0, 0.1) is 0 Å². The third kappa shape index (κ3) is 1.84. The predicted octanol–water partition coefficient (Wildman–Crippen LogP) is -0.269. The summed E-state index contributed by atoms with van der Waals surface area (Å²) in [5.41, 5.74) is 2.22. The van der Waals surface area contributed by atoms with Crippen molar-refractivity contribution in [1.29, 1.82) is 0 Å². The SMILES string of the molecule is [B]c1ccc(-c2ncc([B])cn2)cc1. The molecule has 1 heterocycles. The maximum atomic E-state index is 5.57. The Hall–Kier alpha value is -1.57. The van der Waals surface area contributed by atoms with Crippen molar-refractivity contribution in [2.24, 2.45) is 0 Å². The third-order valence-electron chi connectivity index (χ3n) is 1.84. The lowest BCUT2D eigenvalue weighted by Gasteiger charge is -2.00. The summed E-state index contributed by atoms with van der Waals surface area (Å²) in [4.78, 5) is 8.20. The van der Waals surface area contributed by atoms with E-state index in [4.69, 9.17) is 15.7 Å². The molecular formula is C10H6B2N2. The van der Waals surface area contributed by atoms with Crippen LogP contribution in [0.4, 0.5) is 0 Å². The summed E-state index contributed by atoms with van der Waals surface area (Å²) in [6.07, 6.45) is 3.16. The molecular weight excluding hydrogens is 170 g/mol. The van der Waals surface area contributed by atoms with Crippen LogP contribution in [0.2, 0.25) is 0 Å². The van der Waals surface area contributed by atoms with Crippen molar-refractivity contribution >= 4 is 26.6 Å². The number of aromatic nitrogens is 2. The maximum absolute atomic E-state index is 5.57. The first-order valence-corrected chi connectivity index (χ1v) is 4.19. The van der Waals surface area contributed by atoms with E-state index in [0.717, 1.165) is 11.0 Å². The van der Waals surface area contributed by atoms with Gasteiger partial charge in [-0.1, -0.05) is 35.2 Å². The van der Waals surface area contributed by atoms with Crippen LogP contribution < -0.4 is 10.9 Å². The molecule has 0 bridgehead atoms. The Bertz CT molecular complexity index is 379. The molecule has 1 aromatic heterocycles. The fraction of sp³-hybridized carbons (Fsp3) is 0. The fourth-order valence-corrected chi connectivity index (χ4v) is 1.12. The van der Waals surface area contributed by atoms with Crippen LogP contribution in [-0.4, -0.2) is 25.7 Å². The quantitative estimate of drug-likeness (QED) is 0.558. The molecule has 0 saturated carbocycles. The first-order chi connectivity index (χ1) is 6.75. The van der Waals surface area contributed by atoms with Gasteiger partial charge >= 0.3 is 0 Å². The predicted molar refractivity (Wildman–Crippen MR) is 58.2 cm³/mol. The lowest BCUT2D eigenvalue weighted by molar-refractivity contribution is 1.19. The first-order valence-electron chi connectivity index (χ1n) is 4.19. The first kappa shape index (κ1) is 9.00. The lowest BCUT2D eigenvalue weighted by Crippen LogP contribution is -2.05. The minimum absolute atomic E-state index is 0.559. The normalized spacial score (nSPS) is 10.0. The molecule has 0 unspecified atom stereocenters. The number of benzene rings is 1. The van der Waals surface area contributed by atoms with Crippen molar-refractivity contribution in [2.75, 3.05) is 0 Å². The van der Waals surface area contributed by atoms with E-state index in [1.807, 2.05) is 24.3 Å². The molecule has 1 aromatic carbocycles. The van der Waals surface area contributed by atoms with Crippen LogP contribution >= 0.6 is 0 Å². The zero-order valence-corrected chi connectivity index (χ0v) is 7.51. The average Bonchev–Trinajstić information content (AvgIpc) is 2.21. The second kappa shape index (κ2) is 3.66. The minimum atomic E-state index is 0.559. The number of nitrogens with zero attached hydrogens (tertiary/aromatic N) is 2. The van der Waals surface area contributed by atoms with E-state index < -0.39 is 0 Å². The molecule has 2 rings (SSSR count). The Labute approximate surface area is 85.2 Å². The van der Waals surface area contributed by atoms with Crippen LogP contribution in [0.1, 0.15) is 0 Å². The largest absolute Gasteiger partial charge is 0.237 e. The van der Waals surface area contributed by atoms with Gasteiger partial charge < -0.3 is 0 Å². The lowest BCUT2D eigenvalue weighted by atomic mass is 9.95. The van der Waals surface area contributed by atoms with Crippen LogP contribution in [0.5, 0.6) is 0 Å². The third-order valence-corrected chi connectivity index (χ3v) is 1.84. The topological polar surface area (TPSA) is 25.8 Å². The Kier molecular flexibility index (Phi) is 2.35. The van der Waals surface area contributed by atoms with Crippen molar-refractivity contribution in [2.45, 2.75) is 0 Å². The molecule has 4 heteroatoms. The summed E-state index contributed by atoms with van der Waals surface area (Å²) >= 11 is 0. The van der Waals surface area contributed by atoms with Crippen molar-refractivity contribution in [3.63, 3.8) is 0 Å². The fourth-order valence-electron chi connectivity index (χ4n) is 1.12. The summed E-state index contributed by atoms with van der Waals surface area (Å²) < 4.78 is 0. The summed E-state index contributed by atoms with van der Waals surface area (Å²) in [6, 6.07) is 7.38. The van der Waals surface area contributed by atoms with E-state index in [2.05, 4.69) is 9.97 Å². The maximum Gasteiger partial charge on any atom is 0.159 e. The van der Waals surface area contributed by atoms with E-state index in [1.54, 1.807) is 12.4 Å². The van der Waals surface area contributed by atoms with Crippen molar-refractivity contribution < 1.29 is 0 Å². The van der Waals surface area contributed by atoms with Crippen LogP contribution in [0.25, 0.3) is 11.4 Å². The molecule has 0 aliphatic rings. The zero-order valence-electron chi connectivity index (χ0n) is 7.51. The molecule has 0 fully saturated rings. The van der Waals surface area contributed by atoms with Gasteiger partial charge in [0.15, 0.2) is 5.82 Å². The second-order valence-electron chi connectivity index (χ2n) is 2.96. The highest BCUT2D eigenvalue weighted by atomic mass is 14.9. The van der Waals surface area contributed by atoms with Gasteiger partial charge in [-0.15, -0.1) is 0 Å². The molecule has 14 heavy (non-hydrogen) atoms. The van der Waals surface area contributed by atoms with E-state index >= 15 is 0 Å². The van der Waals surface area contributed by atoms with E-state index in [9.17, 15) is 0 Å². The Morgan fingerprint density at radius 1 is 0.786 bits per heavy atom. The van der Waals surface area contributed by atoms with Gasteiger partial charge in [0.1, 0.15) is 15.7 Å². The van der Waals surface area contributed by atoms with Crippen molar-refractivity contribution in [3.05, 3.63) is 36.7 Å². The Morgan fingerprint density at radius 3 is 1.93 bits per heavy atom. The molecule has 0 atom stereocenters. The summed E-state index contributed by atoms with van der Waals surface area (Å²) in [6.45, 7) is 0. The molecule has 0 aliphatic heterocycles. The number of rotatable bonds is 1. The summed E-state index contributed by atoms with van der Waals surface area (Å²) in [5, 5.41) is 0. The van der Waals surface area contributed by atoms with Crippen LogP contribution in [0.3, 0.4) is 0 Å². The molecule has 0 aliphatic carbocycles. The molecule has 0 amide bonds. The average molecular weight is 176 g/mol. The molecule has 62 valence electrons. The highest BCUT2D eigenvalue weighted by Gasteiger charge is 1.98. The number of hydrogen-bond acceptors (Lipinski definition) is 2. The molecule has 0 spiro atoms. The van der Waals surface area contributed by atoms with E-state index in [0.29, 0.717) is 11.3 Å². The van der Waals surface area contributed by atoms with Crippen LogP contribution in [-0.2, 0) is 0 Å². The molecule has 2 aromatic rings. The Balaban J connectivity index is 2.40. The van der Waals surface area contributed by atoms with Gasteiger partial charge in [-0.3, -0.25) is 0 Å². The smallest absolute Gasteiger partial charge is 0.159 e. The molecule has 0 saturated heterocycles. The van der Waals surface area contributed by atoms with Crippen LogP contribution in [0.15, 0.2) is 36.7 Å². The standard InChI is InChI=1S/C10H6B2N2/c11-8-3-1-7(2-4-8)10-13-5-9(12)6-14-10/h1-6H. The monoisotopic (exact) mass is 176 g/mol. The van der Waals surface area contributed by atoms with E-state index in [-0.39, 0.29) is 0 Å². The van der Waals surface area contributed by atoms with Crippen molar-refractivity contribution in [1.82, 2.24) is 9.97 Å². The molecule has 4 radical (unpaired) electrons. The summed E-state index contributed by atoms with van der Waals surface area (Å²) in [7, 11) is 11.1. The van der Waals surface area contributed by atoms with Gasteiger partial charge in [0.2, 0.25) is 0 Å². The molecule has 2 nitrogen and oxygen atoms in total. The van der Waals surface area contributed by atoms with Gasteiger partial charge in [0, 0.05) is 18.0 Å². The van der Waals surface area contributed by atoms with Gasteiger partial charge in [0.25, 0.3) is 0 Å². The molecule has 0 N–H and O–H groups in total. The minimum Gasteiger partial charge on any atom is -0.237 e. The second-order valence-corrected chi connectivity index (χ2v) is 2.96. The van der Waals surface area contributed by atoms with Gasteiger partial charge in [-0.05, 0) is 0 Å². The highest BCUT2D eigenvalue weighted by Crippen LogP contribution is 2.10. The zero-order chi connectivity index (χ0) is 9.97. The highest BCUT2D eigenvalue weighted by molar-refractivity contribution is 6.32. The van der Waals surface area contributed by atoms with Gasteiger partial charge in [0.05, 0.1) is 0 Å². The van der Waals surface area contributed by atoms with Crippen molar-refractivity contribution in [3.8, 4) is 11.4 Å². The Morgan fingerprint density at radius 2 is 1.36 bits per heavy atom.